The molecule has 232 valence electrons. The van der Waals surface area contributed by atoms with E-state index in [1.165, 1.54) is 70.2 Å². The first kappa shape index (κ1) is 32.9. The minimum absolute atomic E-state index is 1.31. The van der Waals surface area contributed by atoms with Crippen LogP contribution in [0.3, 0.4) is 0 Å². The Labute approximate surface area is 279 Å². The van der Waals surface area contributed by atoms with E-state index in [4.69, 9.17) is 0 Å². The topological polar surface area (TPSA) is 0 Å². The second kappa shape index (κ2) is 16.2. The summed E-state index contributed by atoms with van der Waals surface area (Å²) in [5, 5.41) is 15.9. The SMILES string of the molecule is CC.CC.Cc1ccc2c(ccc3ccccc32)c1.c1ccc2c(c1)ccc1ccccc12.c1ccc2c(c1)ccc1ccccc12. The predicted octanol–water partition coefficient (Wildman–Crippen LogP) is 14.3. The highest BCUT2D eigenvalue weighted by Gasteiger charge is 2.00. The van der Waals surface area contributed by atoms with Crippen LogP contribution in [0.2, 0.25) is 0 Å². The lowest BCUT2D eigenvalue weighted by atomic mass is 10.0. The van der Waals surface area contributed by atoms with Crippen LogP contribution in [-0.2, 0) is 0 Å². The van der Waals surface area contributed by atoms with Gasteiger partial charge in [0.15, 0.2) is 0 Å². The van der Waals surface area contributed by atoms with Crippen molar-refractivity contribution in [3.05, 3.63) is 181 Å². The van der Waals surface area contributed by atoms with Crippen molar-refractivity contribution < 1.29 is 0 Å². The van der Waals surface area contributed by atoms with Gasteiger partial charge in [-0.15, -0.1) is 0 Å². The summed E-state index contributed by atoms with van der Waals surface area (Å²) in [7, 11) is 0. The van der Waals surface area contributed by atoms with Crippen LogP contribution in [0.25, 0.3) is 64.6 Å². The van der Waals surface area contributed by atoms with Gasteiger partial charge in [-0.2, -0.15) is 0 Å². The normalized spacial score (nSPS) is 10.2. The zero-order valence-electron chi connectivity index (χ0n) is 28.2. The molecular formula is C47H44. The van der Waals surface area contributed by atoms with E-state index in [9.17, 15) is 0 Å². The Kier molecular flexibility index (Phi) is 11.3. The second-order valence-corrected chi connectivity index (χ2v) is 11.0. The van der Waals surface area contributed by atoms with Crippen molar-refractivity contribution in [3.8, 4) is 0 Å². The number of rotatable bonds is 0. The van der Waals surface area contributed by atoms with Gasteiger partial charge in [0.2, 0.25) is 0 Å². The molecule has 9 aromatic rings. The van der Waals surface area contributed by atoms with Crippen LogP contribution in [-0.4, -0.2) is 0 Å². The predicted molar refractivity (Wildman–Crippen MR) is 212 cm³/mol. The Hall–Kier alpha value is -5.46. The smallest absolute Gasteiger partial charge is 0.0105 e. The summed E-state index contributed by atoms with van der Waals surface area (Å²) in [5.74, 6) is 0. The third-order valence-corrected chi connectivity index (χ3v) is 8.21. The molecule has 0 amide bonds. The van der Waals surface area contributed by atoms with E-state index in [1.807, 2.05) is 27.7 Å². The maximum absolute atomic E-state index is 2.24. The van der Waals surface area contributed by atoms with E-state index >= 15 is 0 Å². The first-order chi connectivity index (χ1) is 23.2. The van der Waals surface area contributed by atoms with E-state index in [2.05, 4.69) is 183 Å². The van der Waals surface area contributed by atoms with E-state index < -0.39 is 0 Å². The molecule has 0 heterocycles. The molecule has 0 aliphatic rings. The fourth-order valence-corrected chi connectivity index (χ4v) is 6.04. The van der Waals surface area contributed by atoms with Crippen LogP contribution in [0.1, 0.15) is 33.3 Å². The van der Waals surface area contributed by atoms with Crippen molar-refractivity contribution >= 4 is 64.6 Å². The van der Waals surface area contributed by atoms with E-state index in [0.717, 1.165) is 0 Å². The molecule has 0 radical (unpaired) electrons. The number of hydrogen-bond acceptors (Lipinski definition) is 0. The van der Waals surface area contributed by atoms with Gasteiger partial charge in [0.05, 0.1) is 0 Å². The summed E-state index contributed by atoms with van der Waals surface area (Å²) in [5.41, 5.74) is 1.32. The van der Waals surface area contributed by atoms with Crippen LogP contribution in [0.4, 0.5) is 0 Å². The maximum atomic E-state index is 2.24. The molecule has 0 heteroatoms. The standard InChI is InChI=1S/C15H12.2C14H10.2C2H6/c1-11-6-9-15-13(10-11)8-7-12-4-2-3-5-14(12)15;2*1-3-7-13-11(5-1)9-10-12-6-2-4-8-14(12)13;2*1-2/h2-10H,1H3;2*1-10H;2*1-2H3. The van der Waals surface area contributed by atoms with Crippen LogP contribution in [0.15, 0.2) is 176 Å². The molecule has 47 heavy (non-hydrogen) atoms. The Morgan fingerprint density at radius 1 is 0.234 bits per heavy atom. The molecule has 0 fully saturated rings. The van der Waals surface area contributed by atoms with Crippen molar-refractivity contribution in [2.45, 2.75) is 34.6 Å². The van der Waals surface area contributed by atoms with Gasteiger partial charge in [-0.25, -0.2) is 0 Å². The monoisotopic (exact) mass is 608 g/mol. The minimum Gasteiger partial charge on any atom is -0.0683 e. The average molecular weight is 609 g/mol. The third kappa shape index (κ3) is 7.51. The number of fused-ring (bicyclic) bond motifs is 9. The molecule has 0 saturated heterocycles. The van der Waals surface area contributed by atoms with Gasteiger partial charge in [-0.3, -0.25) is 0 Å². The minimum atomic E-state index is 1.31. The second-order valence-electron chi connectivity index (χ2n) is 11.0. The molecule has 0 saturated carbocycles. The van der Waals surface area contributed by atoms with Crippen molar-refractivity contribution in [3.63, 3.8) is 0 Å². The molecule has 0 aliphatic heterocycles. The van der Waals surface area contributed by atoms with Gasteiger partial charge in [0.25, 0.3) is 0 Å². The van der Waals surface area contributed by atoms with Crippen LogP contribution >= 0.6 is 0 Å². The molecular weight excluding hydrogens is 565 g/mol. The highest BCUT2D eigenvalue weighted by Crippen LogP contribution is 2.27. The summed E-state index contributed by atoms with van der Waals surface area (Å²) in [6, 6.07) is 62.3. The molecule has 0 spiro atoms. The lowest BCUT2D eigenvalue weighted by molar-refractivity contribution is 1.50. The molecule has 9 rings (SSSR count). The number of aryl methyl sites for hydroxylation is 1. The van der Waals surface area contributed by atoms with Gasteiger partial charge in [-0.1, -0.05) is 209 Å². The number of hydrogen-bond donors (Lipinski definition) is 0. The van der Waals surface area contributed by atoms with Gasteiger partial charge >= 0.3 is 0 Å². The van der Waals surface area contributed by atoms with Gasteiger partial charge < -0.3 is 0 Å². The highest BCUT2D eigenvalue weighted by atomic mass is 14.0. The fourth-order valence-electron chi connectivity index (χ4n) is 6.04. The summed E-state index contributed by atoms with van der Waals surface area (Å²) in [6.07, 6.45) is 0. The third-order valence-electron chi connectivity index (χ3n) is 8.21. The average Bonchev–Trinajstić information content (AvgIpc) is 3.16. The van der Waals surface area contributed by atoms with Gasteiger partial charge in [0.1, 0.15) is 0 Å². The molecule has 0 N–H and O–H groups in total. The molecule has 0 unspecified atom stereocenters. The molecule has 0 aliphatic carbocycles. The quantitative estimate of drug-likeness (QED) is 0.150. The first-order valence-corrected chi connectivity index (χ1v) is 16.9. The Bertz CT molecular complexity index is 2140. The lowest BCUT2D eigenvalue weighted by Crippen LogP contribution is -1.78. The molecule has 0 aromatic heterocycles. The Morgan fingerprint density at radius 2 is 0.468 bits per heavy atom. The van der Waals surface area contributed by atoms with Crippen molar-refractivity contribution in [2.75, 3.05) is 0 Å². The fraction of sp³-hybridized carbons (Fsp3) is 0.106. The summed E-state index contributed by atoms with van der Waals surface area (Å²) >= 11 is 0. The van der Waals surface area contributed by atoms with E-state index in [0.29, 0.717) is 0 Å². The molecule has 0 atom stereocenters. The summed E-state index contributed by atoms with van der Waals surface area (Å²) in [4.78, 5) is 0. The first-order valence-electron chi connectivity index (χ1n) is 16.9. The van der Waals surface area contributed by atoms with Gasteiger partial charge in [-0.05, 0) is 71.6 Å². The lowest BCUT2D eigenvalue weighted by Gasteiger charge is -2.04. The van der Waals surface area contributed by atoms with Crippen LogP contribution < -0.4 is 0 Å². The highest BCUT2D eigenvalue weighted by molar-refractivity contribution is 6.09. The zero-order valence-corrected chi connectivity index (χ0v) is 28.2. The Balaban J connectivity index is 0.000000131. The number of benzene rings is 9. The van der Waals surface area contributed by atoms with E-state index in [1.54, 1.807) is 0 Å². The molecule has 0 nitrogen and oxygen atoms in total. The Morgan fingerprint density at radius 3 is 0.766 bits per heavy atom. The van der Waals surface area contributed by atoms with Crippen LogP contribution in [0, 0.1) is 6.92 Å². The van der Waals surface area contributed by atoms with Crippen molar-refractivity contribution in [1.82, 2.24) is 0 Å². The van der Waals surface area contributed by atoms with Crippen molar-refractivity contribution in [2.24, 2.45) is 0 Å². The zero-order chi connectivity index (χ0) is 33.0. The van der Waals surface area contributed by atoms with Crippen molar-refractivity contribution in [1.29, 1.82) is 0 Å². The molecule has 9 aromatic carbocycles. The van der Waals surface area contributed by atoms with Gasteiger partial charge in [0, 0.05) is 0 Å². The van der Waals surface area contributed by atoms with Crippen LogP contribution in [0.5, 0.6) is 0 Å². The molecule has 0 bridgehead atoms. The van der Waals surface area contributed by atoms with E-state index in [-0.39, 0.29) is 0 Å². The maximum Gasteiger partial charge on any atom is -0.0105 e. The summed E-state index contributed by atoms with van der Waals surface area (Å²) in [6.45, 7) is 10.1. The summed E-state index contributed by atoms with van der Waals surface area (Å²) < 4.78 is 0. The largest absolute Gasteiger partial charge is 0.0683 e.